The fourth-order valence-electron chi connectivity index (χ4n) is 4.45. The molecule has 4 N–H and O–H groups in total. The van der Waals surface area contributed by atoms with Crippen LogP contribution in [0.5, 0.6) is 11.5 Å². The van der Waals surface area contributed by atoms with Crippen LogP contribution in [0.4, 0.5) is 0 Å². The summed E-state index contributed by atoms with van der Waals surface area (Å²) in [5.41, 5.74) is 9.18. The average molecular weight is 654 g/mol. The van der Waals surface area contributed by atoms with Gasteiger partial charge in [0.05, 0.1) is 13.2 Å². The van der Waals surface area contributed by atoms with Crippen molar-refractivity contribution in [2.75, 3.05) is 39.4 Å². The lowest BCUT2D eigenvalue weighted by Gasteiger charge is -2.34. The summed E-state index contributed by atoms with van der Waals surface area (Å²) in [7, 11) is -8.64. The zero-order valence-corrected chi connectivity index (χ0v) is 26.1. The molecule has 1 aliphatic rings. The van der Waals surface area contributed by atoms with Gasteiger partial charge >= 0.3 is 10.1 Å². The van der Waals surface area contributed by atoms with Gasteiger partial charge in [-0.1, -0.05) is 42.5 Å². The van der Waals surface area contributed by atoms with Crippen molar-refractivity contribution < 1.29 is 30.6 Å². The van der Waals surface area contributed by atoms with E-state index in [4.69, 9.17) is 24.9 Å². The second kappa shape index (κ2) is 15.4. The Balaban J connectivity index is 0.00000506. The van der Waals surface area contributed by atoms with Crippen LogP contribution in [0.15, 0.2) is 82.6 Å². The largest absolute Gasteiger partial charge is 0.493 e. The zero-order valence-electron chi connectivity index (χ0n) is 23.6. The van der Waals surface area contributed by atoms with Crippen molar-refractivity contribution in [1.29, 1.82) is 5.41 Å². The summed E-state index contributed by atoms with van der Waals surface area (Å²) < 4.78 is 66.5. The second-order valence-electron chi connectivity index (χ2n) is 9.70. The molecule has 0 saturated carbocycles. The number of aryl methyl sites for hydroxylation is 1. The quantitative estimate of drug-likeness (QED) is 0.0821. The summed E-state index contributed by atoms with van der Waals surface area (Å²) in [6.07, 6.45) is 0.467. The third-order valence-corrected chi connectivity index (χ3v) is 9.78. The summed E-state index contributed by atoms with van der Waals surface area (Å²) >= 11 is 0. The van der Waals surface area contributed by atoms with E-state index in [0.29, 0.717) is 37.4 Å². The van der Waals surface area contributed by atoms with Crippen LogP contribution in [-0.4, -0.2) is 71.4 Å². The average Bonchev–Trinajstić information content (AvgIpc) is 2.95. The van der Waals surface area contributed by atoms with Gasteiger partial charge in [-0.15, -0.1) is 12.4 Å². The van der Waals surface area contributed by atoms with Crippen molar-refractivity contribution in [3.63, 3.8) is 0 Å². The molecule has 12 nitrogen and oxygen atoms in total. The van der Waals surface area contributed by atoms with Gasteiger partial charge in [-0.05, 0) is 42.3 Å². The highest BCUT2D eigenvalue weighted by atomic mass is 35.5. The molecule has 0 bridgehead atoms. The Morgan fingerprint density at radius 2 is 1.51 bits per heavy atom. The Hall–Kier alpha value is -3.40. The lowest BCUT2D eigenvalue weighted by molar-refractivity contribution is 0.0733. The van der Waals surface area contributed by atoms with Gasteiger partial charge in [0.2, 0.25) is 16.0 Å². The molecule has 1 saturated heterocycles. The van der Waals surface area contributed by atoms with Gasteiger partial charge in [0.15, 0.2) is 0 Å². The molecule has 1 heterocycles. The van der Waals surface area contributed by atoms with Crippen LogP contribution in [0.2, 0.25) is 0 Å². The number of ether oxygens (including phenoxy) is 1. The number of rotatable bonds is 13. The van der Waals surface area contributed by atoms with Gasteiger partial charge in [-0.2, -0.15) is 12.7 Å². The van der Waals surface area contributed by atoms with E-state index in [1.807, 2.05) is 30.3 Å². The number of nitrogens with zero attached hydrogens (tertiary/aromatic N) is 2. The molecule has 4 rings (SSSR count). The first-order valence-electron chi connectivity index (χ1n) is 13.3. The van der Waals surface area contributed by atoms with Crippen LogP contribution in [0, 0.1) is 12.3 Å². The first-order valence-corrected chi connectivity index (χ1v) is 16.2. The number of nitrogens with two attached hydrogens (primary N) is 1. The summed E-state index contributed by atoms with van der Waals surface area (Å²) in [5.74, 6) is 0.0450. The van der Waals surface area contributed by atoms with Crippen molar-refractivity contribution in [3.05, 3.63) is 83.9 Å². The molecule has 1 fully saturated rings. The SMILES string of the molecule is Cc1cc(OCCCONC(=N)N)cc(OS(=O)(=O)c2ccccc2S(=O)(=O)N2CCN(Cc3ccccc3)CC2)c1.Cl. The molecule has 234 valence electrons. The van der Waals surface area contributed by atoms with Crippen LogP contribution in [-0.2, 0) is 31.5 Å². The predicted octanol–water partition coefficient (Wildman–Crippen LogP) is 2.87. The summed E-state index contributed by atoms with van der Waals surface area (Å²) in [6.45, 7) is 4.45. The van der Waals surface area contributed by atoms with Gasteiger partial charge in [0.1, 0.15) is 21.3 Å². The molecule has 0 spiro atoms. The first kappa shape index (κ1) is 34.1. The molecule has 0 unspecified atom stereocenters. The second-order valence-corrected chi connectivity index (χ2v) is 13.1. The Bertz CT molecular complexity index is 1580. The Morgan fingerprint density at radius 3 is 2.19 bits per heavy atom. The van der Waals surface area contributed by atoms with Crippen molar-refractivity contribution in [3.8, 4) is 11.5 Å². The highest BCUT2D eigenvalue weighted by Crippen LogP contribution is 2.30. The van der Waals surface area contributed by atoms with Crippen molar-refractivity contribution in [2.24, 2.45) is 5.73 Å². The molecule has 0 amide bonds. The van der Waals surface area contributed by atoms with E-state index >= 15 is 0 Å². The van der Waals surface area contributed by atoms with E-state index in [0.717, 1.165) is 5.56 Å². The van der Waals surface area contributed by atoms with Gasteiger partial charge in [-0.3, -0.25) is 15.1 Å². The third kappa shape index (κ3) is 9.55. The Morgan fingerprint density at radius 1 is 0.884 bits per heavy atom. The fourth-order valence-corrected chi connectivity index (χ4v) is 7.56. The van der Waals surface area contributed by atoms with E-state index in [1.165, 1.54) is 40.7 Å². The zero-order chi connectivity index (χ0) is 30.2. The molecule has 0 atom stereocenters. The minimum absolute atomic E-state index is 0. The van der Waals surface area contributed by atoms with E-state index in [2.05, 4.69) is 10.4 Å². The van der Waals surface area contributed by atoms with Crippen molar-refractivity contribution in [2.45, 2.75) is 29.7 Å². The number of guanidine groups is 1. The third-order valence-electron chi connectivity index (χ3n) is 6.39. The Kier molecular flexibility index (Phi) is 12.2. The van der Waals surface area contributed by atoms with E-state index in [-0.39, 0.29) is 55.3 Å². The molecule has 0 radical (unpaired) electrons. The minimum Gasteiger partial charge on any atom is -0.493 e. The number of piperazine rings is 1. The molecule has 15 heteroatoms. The molecule has 0 aliphatic carbocycles. The van der Waals surface area contributed by atoms with Gasteiger partial charge in [-0.25, -0.2) is 13.9 Å². The van der Waals surface area contributed by atoms with Crippen LogP contribution in [0.1, 0.15) is 17.5 Å². The number of hydroxylamine groups is 1. The van der Waals surface area contributed by atoms with Gasteiger partial charge in [0, 0.05) is 45.2 Å². The monoisotopic (exact) mass is 653 g/mol. The maximum atomic E-state index is 13.6. The van der Waals surface area contributed by atoms with Gasteiger partial charge < -0.3 is 14.7 Å². The predicted molar refractivity (Wildman–Crippen MR) is 164 cm³/mol. The molecule has 43 heavy (non-hydrogen) atoms. The number of halogens is 1. The maximum Gasteiger partial charge on any atom is 0.340 e. The van der Waals surface area contributed by atoms with Crippen LogP contribution < -0.4 is 20.1 Å². The molecule has 0 aromatic heterocycles. The first-order chi connectivity index (χ1) is 20.0. The molecule has 3 aromatic rings. The van der Waals surface area contributed by atoms with Crippen LogP contribution >= 0.6 is 12.4 Å². The highest BCUT2D eigenvalue weighted by molar-refractivity contribution is 7.91. The minimum atomic E-state index is -4.52. The van der Waals surface area contributed by atoms with Gasteiger partial charge in [0.25, 0.3) is 0 Å². The number of nitrogens with one attached hydrogen (secondary N) is 2. The van der Waals surface area contributed by atoms with Crippen LogP contribution in [0.3, 0.4) is 0 Å². The van der Waals surface area contributed by atoms with E-state index in [9.17, 15) is 16.8 Å². The lowest BCUT2D eigenvalue weighted by atomic mass is 10.2. The topological polar surface area (TPSA) is 164 Å². The maximum absolute atomic E-state index is 13.6. The number of hydrogen-bond acceptors (Lipinski definition) is 9. The highest BCUT2D eigenvalue weighted by Gasteiger charge is 2.34. The van der Waals surface area contributed by atoms with Crippen LogP contribution in [0.25, 0.3) is 0 Å². The van der Waals surface area contributed by atoms with Crippen molar-refractivity contribution in [1.82, 2.24) is 14.7 Å². The Labute approximate surface area is 258 Å². The van der Waals surface area contributed by atoms with Crippen molar-refractivity contribution >= 4 is 38.5 Å². The molecular formula is C28H36ClN5O7S2. The number of benzene rings is 3. The number of hydrogen-bond donors (Lipinski definition) is 3. The normalized spacial score (nSPS) is 14.4. The van der Waals surface area contributed by atoms with E-state index < -0.39 is 25.0 Å². The smallest absolute Gasteiger partial charge is 0.340 e. The van der Waals surface area contributed by atoms with E-state index in [1.54, 1.807) is 13.0 Å². The number of sulfonamides is 1. The molecular weight excluding hydrogens is 618 g/mol. The standard InChI is InChI=1S/C28H35N5O7S2.ClH/c1-22-18-24(38-16-7-17-39-31-28(29)30)20-25(19-22)40-42(36,37)27-11-6-5-10-26(27)41(34,35)33-14-12-32(13-15-33)21-23-8-3-2-4-9-23;/h2-6,8-11,18-20H,7,12-17,21H2,1H3,(H4,29,30,31);1H. The fraction of sp³-hybridized carbons (Fsp3) is 0.321. The molecule has 3 aromatic carbocycles. The lowest BCUT2D eigenvalue weighted by Crippen LogP contribution is -2.48. The summed E-state index contributed by atoms with van der Waals surface area (Å²) in [5, 5.41) is 7.04. The summed E-state index contributed by atoms with van der Waals surface area (Å²) in [6, 6.07) is 20.1. The summed E-state index contributed by atoms with van der Waals surface area (Å²) in [4.78, 5) is 6.37. The molecule has 1 aliphatic heterocycles.